The van der Waals surface area contributed by atoms with Crippen molar-refractivity contribution in [1.82, 2.24) is 0 Å². The Hall–Kier alpha value is -4.97. The molecule has 6 heteroatoms. The summed E-state index contributed by atoms with van der Waals surface area (Å²) in [6, 6.07) is 0. The highest BCUT2D eigenvalue weighted by Gasteiger charge is 2.19. The molecule has 1 unspecified atom stereocenters. The monoisotopic (exact) mass is 1120 g/mol. The molecule has 0 spiro atoms. The lowest BCUT2D eigenvalue weighted by molar-refractivity contribution is -0.166. The number of esters is 3. The van der Waals surface area contributed by atoms with Crippen LogP contribution in [-0.4, -0.2) is 37.2 Å². The molecule has 0 heterocycles. The van der Waals surface area contributed by atoms with E-state index in [1.54, 1.807) is 6.08 Å². The second kappa shape index (κ2) is 67.5. The summed E-state index contributed by atoms with van der Waals surface area (Å²) in [6.45, 7) is 6.32. The molecule has 0 aliphatic rings. The molecule has 456 valence electrons. The molecule has 0 aliphatic carbocycles. The first-order chi connectivity index (χ1) is 40.0. The Bertz CT molecular complexity index is 1810. The molecule has 0 bridgehead atoms. The van der Waals surface area contributed by atoms with Gasteiger partial charge in [0.25, 0.3) is 0 Å². The van der Waals surface area contributed by atoms with Gasteiger partial charge in [-0.15, -0.1) is 0 Å². The summed E-state index contributed by atoms with van der Waals surface area (Å²) in [5.74, 6) is -1.06. The fourth-order valence-corrected chi connectivity index (χ4v) is 8.71. The van der Waals surface area contributed by atoms with Gasteiger partial charge in [0.15, 0.2) is 6.10 Å². The average molecular weight is 1120 g/mol. The SMILES string of the molecule is CC/C=C\C/C=C\C/C=C\C/C=C\C/C=C\C/C=C\C/C=C\C/C=C\CCCCCCCCC(=O)OCC(COC(=O)C/C=C\C/C=C\C/C=C\C/C=C\C/C=C\CC)OC(=O)CCCCCCCCCCCCCCCCCCC. The number of carbonyl (C=O) groups excluding carboxylic acids is 3. The molecular weight excluding hydrogens is 997 g/mol. The Morgan fingerprint density at radius 2 is 0.531 bits per heavy atom. The Kier molecular flexibility index (Phi) is 63.4. The third-order valence-electron chi connectivity index (χ3n) is 13.6. The second-order valence-electron chi connectivity index (χ2n) is 21.3. The molecular formula is C75H120O6. The number of ether oxygens (including phenoxy) is 3. The normalized spacial score (nSPS) is 13.2. The first-order valence-electron chi connectivity index (χ1n) is 33.0. The second-order valence-corrected chi connectivity index (χ2v) is 21.3. The van der Waals surface area contributed by atoms with Crippen molar-refractivity contribution in [2.45, 2.75) is 284 Å². The molecule has 0 amide bonds. The van der Waals surface area contributed by atoms with Crippen LogP contribution in [0.25, 0.3) is 0 Å². The maximum atomic E-state index is 12.9. The van der Waals surface area contributed by atoms with Gasteiger partial charge in [0.05, 0.1) is 6.42 Å². The molecule has 0 saturated carbocycles. The number of rotatable bonds is 58. The first-order valence-corrected chi connectivity index (χ1v) is 33.0. The molecule has 0 fully saturated rings. The van der Waals surface area contributed by atoms with Gasteiger partial charge >= 0.3 is 17.9 Å². The molecule has 6 nitrogen and oxygen atoms in total. The zero-order valence-corrected chi connectivity index (χ0v) is 52.2. The van der Waals surface area contributed by atoms with Gasteiger partial charge in [-0.1, -0.05) is 307 Å². The van der Waals surface area contributed by atoms with Gasteiger partial charge in [0.1, 0.15) is 13.2 Å². The lowest BCUT2D eigenvalue weighted by Crippen LogP contribution is -2.30. The van der Waals surface area contributed by atoms with Crippen LogP contribution >= 0.6 is 0 Å². The number of carbonyl (C=O) groups is 3. The highest BCUT2D eigenvalue weighted by molar-refractivity contribution is 5.72. The van der Waals surface area contributed by atoms with E-state index in [1.165, 1.54) is 103 Å². The number of unbranched alkanes of at least 4 members (excludes halogenated alkanes) is 22. The third kappa shape index (κ3) is 65.7. The van der Waals surface area contributed by atoms with Crippen molar-refractivity contribution in [2.75, 3.05) is 13.2 Å². The first kappa shape index (κ1) is 76.0. The quantitative estimate of drug-likeness (QED) is 0.0261. The molecule has 0 saturated heterocycles. The number of hydrogen-bond acceptors (Lipinski definition) is 6. The van der Waals surface area contributed by atoms with Gasteiger partial charge in [-0.25, -0.2) is 0 Å². The maximum Gasteiger partial charge on any atom is 0.309 e. The topological polar surface area (TPSA) is 78.9 Å². The lowest BCUT2D eigenvalue weighted by Gasteiger charge is -2.18. The summed E-state index contributed by atoms with van der Waals surface area (Å²) in [5, 5.41) is 0. The van der Waals surface area contributed by atoms with E-state index in [4.69, 9.17) is 14.2 Å². The molecule has 0 aliphatic heterocycles. The Labute approximate surface area is 499 Å². The van der Waals surface area contributed by atoms with Crippen molar-refractivity contribution < 1.29 is 28.6 Å². The van der Waals surface area contributed by atoms with Crippen LogP contribution in [0.4, 0.5) is 0 Å². The zero-order chi connectivity index (χ0) is 58.5. The summed E-state index contributed by atoms with van der Waals surface area (Å²) < 4.78 is 16.8. The minimum Gasteiger partial charge on any atom is -0.462 e. The van der Waals surface area contributed by atoms with Crippen molar-refractivity contribution in [3.63, 3.8) is 0 Å². The van der Waals surface area contributed by atoms with E-state index in [0.29, 0.717) is 12.8 Å². The van der Waals surface area contributed by atoms with Crippen molar-refractivity contribution in [2.24, 2.45) is 0 Å². The van der Waals surface area contributed by atoms with Gasteiger partial charge in [-0.3, -0.25) is 14.4 Å². The molecule has 0 aromatic rings. The number of hydrogen-bond donors (Lipinski definition) is 0. The van der Waals surface area contributed by atoms with E-state index in [2.05, 4.69) is 167 Å². The van der Waals surface area contributed by atoms with Crippen LogP contribution in [0.3, 0.4) is 0 Å². The largest absolute Gasteiger partial charge is 0.462 e. The van der Waals surface area contributed by atoms with Crippen LogP contribution in [0.15, 0.2) is 158 Å². The smallest absolute Gasteiger partial charge is 0.309 e. The standard InChI is InChI=1S/C75H120O6/c1-4-7-10-13-16-19-22-25-28-30-31-32-33-34-35-36-37-38-39-40-41-42-43-45-47-50-53-56-59-62-65-68-74(77)80-71-72(70-79-73(76)67-64-61-58-55-52-49-46-27-24-21-18-15-12-9-6-3)81-75(78)69-66-63-60-57-54-51-48-44-29-26-23-20-17-14-11-8-5-2/h7,9-10,12,16,18-19,21,25,27-28,31-32,34-35,37-38,40-41,43,45-46,52,55,61,64,72H,4-6,8,11,13-15,17,20,22-24,26,29-30,33,36,39,42,44,47-51,53-54,56-60,62-63,65-71H2,1-3H3/b10-7-,12-9-,19-16-,21-18-,28-25-,32-31-,35-34-,38-37-,41-40-,45-43-,46-27-,55-52-,64-61-. The fourth-order valence-electron chi connectivity index (χ4n) is 8.71. The van der Waals surface area contributed by atoms with Gasteiger partial charge < -0.3 is 14.2 Å². The highest BCUT2D eigenvalue weighted by atomic mass is 16.6. The van der Waals surface area contributed by atoms with Crippen molar-refractivity contribution >= 4 is 17.9 Å². The Morgan fingerprint density at radius 1 is 0.272 bits per heavy atom. The predicted octanol–water partition coefficient (Wildman–Crippen LogP) is 22.9. The van der Waals surface area contributed by atoms with Crippen LogP contribution in [0, 0.1) is 0 Å². The summed E-state index contributed by atoms with van der Waals surface area (Å²) in [4.78, 5) is 38.3. The summed E-state index contributed by atoms with van der Waals surface area (Å²) >= 11 is 0. The predicted molar refractivity (Wildman–Crippen MR) is 352 cm³/mol. The van der Waals surface area contributed by atoms with Crippen molar-refractivity contribution in [3.8, 4) is 0 Å². The van der Waals surface area contributed by atoms with Crippen molar-refractivity contribution in [3.05, 3.63) is 158 Å². The molecule has 0 N–H and O–H groups in total. The fraction of sp³-hybridized carbons (Fsp3) is 0.613. The zero-order valence-electron chi connectivity index (χ0n) is 52.2. The highest BCUT2D eigenvalue weighted by Crippen LogP contribution is 2.16. The Balaban J connectivity index is 4.42. The molecule has 1 atom stereocenters. The molecule has 0 aromatic heterocycles. The average Bonchev–Trinajstić information content (AvgIpc) is 3.47. The summed E-state index contributed by atoms with van der Waals surface area (Å²) in [7, 11) is 0. The van der Waals surface area contributed by atoms with Crippen LogP contribution in [-0.2, 0) is 28.6 Å². The van der Waals surface area contributed by atoms with Gasteiger partial charge in [-0.05, 0) is 109 Å². The van der Waals surface area contributed by atoms with Crippen LogP contribution in [0.5, 0.6) is 0 Å². The van der Waals surface area contributed by atoms with Gasteiger partial charge in [0, 0.05) is 12.8 Å². The summed E-state index contributed by atoms with van der Waals surface area (Å²) in [6.07, 6.45) is 98.5. The third-order valence-corrected chi connectivity index (χ3v) is 13.6. The minimum absolute atomic E-state index is 0.119. The Morgan fingerprint density at radius 3 is 0.864 bits per heavy atom. The van der Waals surface area contributed by atoms with E-state index in [0.717, 1.165) is 135 Å². The van der Waals surface area contributed by atoms with Crippen molar-refractivity contribution in [1.29, 1.82) is 0 Å². The minimum atomic E-state index is -0.831. The van der Waals surface area contributed by atoms with E-state index in [-0.39, 0.29) is 31.6 Å². The van der Waals surface area contributed by atoms with Gasteiger partial charge in [0.2, 0.25) is 0 Å². The van der Waals surface area contributed by atoms with E-state index >= 15 is 0 Å². The van der Waals surface area contributed by atoms with Crippen LogP contribution < -0.4 is 0 Å². The summed E-state index contributed by atoms with van der Waals surface area (Å²) in [5.41, 5.74) is 0. The lowest BCUT2D eigenvalue weighted by atomic mass is 10.0. The molecule has 81 heavy (non-hydrogen) atoms. The maximum absolute atomic E-state index is 12.9. The van der Waals surface area contributed by atoms with E-state index < -0.39 is 12.1 Å². The van der Waals surface area contributed by atoms with E-state index in [1.807, 2.05) is 6.08 Å². The van der Waals surface area contributed by atoms with Gasteiger partial charge in [-0.2, -0.15) is 0 Å². The van der Waals surface area contributed by atoms with E-state index in [9.17, 15) is 14.4 Å². The molecule has 0 rings (SSSR count). The van der Waals surface area contributed by atoms with Crippen LogP contribution in [0.1, 0.15) is 278 Å². The number of allylic oxidation sites excluding steroid dienone is 25. The van der Waals surface area contributed by atoms with Crippen LogP contribution in [0.2, 0.25) is 0 Å². The molecule has 0 radical (unpaired) electrons. The molecule has 0 aromatic carbocycles.